The fourth-order valence-electron chi connectivity index (χ4n) is 2.37. The molecule has 3 aromatic rings. The van der Waals surface area contributed by atoms with E-state index in [4.69, 9.17) is 0 Å². The summed E-state index contributed by atoms with van der Waals surface area (Å²) in [7, 11) is 3.89. The van der Waals surface area contributed by atoms with Gasteiger partial charge in [-0.05, 0) is 57.0 Å². The Morgan fingerprint density at radius 1 is 1.04 bits per heavy atom. The Bertz CT molecular complexity index is 892. The molecule has 0 saturated heterocycles. The molecule has 9 heteroatoms. The molecule has 1 aromatic carbocycles. The quantitative estimate of drug-likeness (QED) is 0.641. The van der Waals surface area contributed by atoms with Crippen molar-refractivity contribution >= 4 is 11.8 Å². The van der Waals surface area contributed by atoms with Crippen LogP contribution in [0.3, 0.4) is 0 Å². The van der Waals surface area contributed by atoms with E-state index in [2.05, 4.69) is 15.2 Å². The van der Waals surface area contributed by atoms with E-state index in [0.29, 0.717) is 10.2 Å². The molecule has 2 aromatic heterocycles. The first kappa shape index (κ1) is 19.4. The van der Waals surface area contributed by atoms with Crippen LogP contribution in [0.5, 0.6) is 0 Å². The van der Waals surface area contributed by atoms with E-state index in [0.717, 1.165) is 23.8 Å². The maximum atomic E-state index is 12.7. The van der Waals surface area contributed by atoms with E-state index >= 15 is 0 Å². The van der Waals surface area contributed by atoms with Crippen molar-refractivity contribution in [3.05, 3.63) is 60.0 Å². The summed E-state index contributed by atoms with van der Waals surface area (Å²) in [6, 6.07) is 11.9. The van der Waals surface area contributed by atoms with E-state index in [9.17, 15) is 13.2 Å². The van der Waals surface area contributed by atoms with Gasteiger partial charge in [0.05, 0.1) is 11.6 Å². The molecule has 0 aliphatic rings. The Kier molecular flexibility index (Phi) is 5.52. The topological polar surface area (TPSA) is 46.8 Å². The van der Waals surface area contributed by atoms with Gasteiger partial charge < -0.3 is 0 Å². The molecule has 0 radical (unpaired) electrons. The highest BCUT2D eigenvalue weighted by atomic mass is 32.2. The number of pyridine rings is 1. The van der Waals surface area contributed by atoms with Gasteiger partial charge in [-0.3, -0.25) is 9.47 Å². The van der Waals surface area contributed by atoms with Crippen molar-refractivity contribution in [2.45, 2.75) is 29.3 Å². The third-order valence-electron chi connectivity index (χ3n) is 4.08. The summed E-state index contributed by atoms with van der Waals surface area (Å²) in [5.41, 5.74) is 0.0962. The molecule has 1 unspecified atom stereocenters. The summed E-state index contributed by atoms with van der Waals surface area (Å²) >= 11 is 1.17. The molecule has 5 nitrogen and oxygen atoms in total. The predicted molar refractivity (Wildman–Crippen MR) is 96.8 cm³/mol. The Labute approximate surface area is 159 Å². The van der Waals surface area contributed by atoms with Crippen molar-refractivity contribution in [3.63, 3.8) is 0 Å². The number of benzene rings is 1. The molecule has 0 saturated carbocycles. The molecule has 0 N–H and O–H groups in total. The maximum absolute atomic E-state index is 12.7. The smallest absolute Gasteiger partial charge is 0.300 e. The lowest BCUT2D eigenvalue weighted by molar-refractivity contribution is -0.137. The van der Waals surface area contributed by atoms with Gasteiger partial charge in [-0.25, -0.2) is 4.98 Å². The third kappa shape index (κ3) is 4.30. The lowest BCUT2D eigenvalue weighted by Crippen LogP contribution is -2.20. The summed E-state index contributed by atoms with van der Waals surface area (Å²) in [5, 5.41) is 9.51. The van der Waals surface area contributed by atoms with Crippen LogP contribution in [0.1, 0.15) is 24.4 Å². The van der Waals surface area contributed by atoms with Crippen LogP contribution < -0.4 is 0 Å². The van der Waals surface area contributed by atoms with Gasteiger partial charge in [0.15, 0.2) is 5.82 Å². The summed E-state index contributed by atoms with van der Waals surface area (Å²) in [6.07, 6.45) is -3.58. The number of rotatable bonds is 5. The van der Waals surface area contributed by atoms with Gasteiger partial charge in [-0.1, -0.05) is 18.2 Å². The predicted octanol–water partition coefficient (Wildman–Crippen LogP) is 4.45. The first-order chi connectivity index (χ1) is 12.8. The Hall–Kier alpha value is -2.39. The number of halogens is 3. The monoisotopic (exact) mass is 393 g/mol. The minimum absolute atomic E-state index is 0.00683. The fraction of sp³-hybridized carbons (Fsp3) is 0.278. The molecular weight excluding hydrogens is 375 g/mol. The van der Waals surface area contributed by atoms with Gasteiger partial charge >= 0.3 is 6.18 Å². The maximum Gasteiger partial charge on any atom is 0.417 e. The van der Waals surface area contributed by atoms with E-state index in [1.165, 1.54) is 17.8 Å². The van der Waals surface area contributed by atoms with Crippen LogP contribution in [-0.4, -0.2) is 38.7 Å². The van der Waals surface area contributed by atoms with Crippen LogP contribution in [0.15, 0.2) is 58.8 Å². The minimum Gasteiger partial charge on any atom is -0.300 e. The van der Waals surface area contributed by atoms with Crippen molar-refractivity contribution < 1.29 is 13.2 Å². The van der Waals surface area contributed by atoms with Crippen LogP contribution in [0.2, 0.25) is 0 Å². The SMILES string of the molecule is CC(c1nnc(Sc2ccc(C(F)(F)F)cn2)n1-c1ccccc1)N(C)C. The molecule has 27 heavy (non-hydrogen) atoms. The number of alkyl halides is 3. The number of para-hydroxylation sites is 1. The van der Waals surface area contributed by atoms with Gasteiger partial charge in [-0.2, -0.15) is 13.2 Å². The second-order valence-corrected chi connectivity index (χ2v) is 7.12. The molecule has 0 fully saturated rings. The van der Waals surface area contributed by atoms with Crippen LogP contribution in [0.25, 0.3) is 5.69 Å². The average molecular weight is 393 g/mol. The van der Waals surface area contributed by atoms with E-state index in [1.54, 1.807) is 0 Å². The summed E-state index contributed by atoms with van der Waals surface area (Å²) in [5.74, 6) is 0.737. The molecule has 0 spiro atoms. The third-order valence-corrected chi connectivity index (χ3v) is 4.98. The molecule has 0 bridgehead atoms. The number of hydrogen-bond acceptors (Lipinski definition) is 5. The number of hydrogen-bond donors (Lipinski definition) is 0. The van der Waals surface area contributed by atoms with Gasteiger partial charge in [0.2, 0.25) is 5.16 Å². The second kappa shape index (κ2) is 7.69. The zero-order chi connectivity index (χ0) is 19.6. The van der Waals surface area contributed by atoms with Crippen molar-refractivity contribution in [1.29, 1.82) is 0 Å². The largest absolute Gasteiger partial charge is 0.417 e. The lowest BCUT2D eigenvalue weighted by atomic mass is 10.2. The van der Waals surface area contributed by atoms with Crippen molar-refractivity contribution in [1.82, 2.24) is 24.6 Å². The van der Waals surface area contributed by atoms with E-state index in [-0.39, 0.29) is 6.04 Å². The normalized spacial score (nSPS) is 13.1. The van der Waals surface area contributed by atoms with Crippen molar-refractivity contribution in [3.8, 4) is 5.69 Å². The van der Waals surface area contributed by atoms with Gasteiger partial charge in [0, 0.05) is 11.9 Å². The summed E-state index contributed by atoms with van der Waals surface area (Å²) in [4.78, 5) is 5.92. The zero-order valence-corrected chi connectivity index (χ0v) is 15.8. The highest BCUT2D eigenvalue weighted by Gasteiger charge is 2.30. The van der Waals surface area contributed by atoms with Crippen LogP contribution >= 0.6 is 11.8 Å². The van der Waals surface area contributed by atoms with E-state index in [1.807, 2.05) is 60.8 Å². The van der Waals surface area contributed by atoms with Crippen LogP contribution in [-0.2, 0) is 6.18 Å². The van der Waals surface area contributed by atoms with Crippen LogP contribution in [0.4, 0.5) is 13.2 Å². The Balaban J connectivity index is 1.98. The minimum atomic E-state index is -4.41. The Morgan fingerprint density at radius 3 is 2.30 bits per heavy atom. The van der Waals surface area contributed by atoms with E-state index < -0.39 is 11.7 Å². The molecule has 142 valence electrons. The zero-order valence-electron chi connectivity index (χ0n) is 15.0. The summed E-state index contributed by atoms with van der Waals surface area (Å²) < 4.78 is 40.1. The van der Waals surface area contributed by atoms with Crippen molar-refractivity contribution in [2.75, 3.05) is 14.1 Å². The average Bonchev–Trinajstić information content (AvgIpc) is 3.04. The first-order valence-corrected chi connectivity index (χ1v) is 8.97. The second-order valence-electron chi connectivity index (χ2n) is 6.14. The standard InChI is InChI=1S/C18H18F3N5S/c1-12(25(2)3)16-23-24-17(26(16)14-7-5-4-6-8-14)27-15-10-9-13(11-22-15)18(19,20)21/h4-12H,1-3H3. The molecule has 2 heterocycles. The molecule has 0 aliphatic heterocycles. The molecule has 1 atom stereocenters. The fourth-order valence-corrected chi connectivity index (χ4v) is 3.17. The molecular formula is C18H18F3N5S. The summed E-state index contributed by atoms with van der Waals surface area (Å²) in [6.45, 7) is 2.01. The number of aromatic nitrogens is 4. The Morgan fingerprint density at radius 2 is 1.74 bits per heavy atom. The van der Waals surface area contributed by atoms with Gasteiger partial charge in [0.1, 0.15) is 5.03 Å². The molecule has 3 rings (SSSR count). The van der Waals surface area contributed by atoms with Gasteiger partial charge in [-0.15, -0.1) is 10.2 Å². The highest BCUT2D eigenvalue weighted by Crippen LogP contribution is 2.33. The molecule has 0 aliphatic carbocycles. The molecule has 0 amide bonds. The number of nitrogens with zero attached hydrogens (tertiary/aromatic N) is 5. The highest BCUT2D eigenvalue weighted by molar-refractivity contribution is 7.99. The van der Waals surface area contributed by atoms with Gasteiger partial charge in [0.25, 0.3) is 0 Å². The van der Waals surface area contributed by atoms with Crippen molar-refractivity contribution in [2.24, 2.45) is 0 Å². The lowest BCUT2D eigenvalue weighted by Gasteiger charge is -2.20. The van der Waals surface area contributed by atoms with Crippen LogP contribution in [0, 0.1) is 0 Å². The first-order valence-electron chi connectivity index (χ1n) is 8.15.